The van der Waals surface area contributed by atoms with Gasteiger partial charge in [0.2, 0.25) is 0 Å². The molecule has 0 radical (unpaired) electrons. The van der Waals surface area contributed by atoms with Crippen molar-refractivity contribution in [1.82, 2.24) is 0 Å². The summed E-state index contributed by atoms with van der Waals surface area (Å²) in [5.41, 5.74) is 2.43. The first kappa shape index (κ1) is 14.2. The Morgan fingerprint density at radius 2 is 1.71 bits per heavy atom. The minimum Gasteiger partial charge on any atom is -0.334 e. The Morgan fingerprint density at radius 1 is 1.12 bits per heavy atom. The zero-order valence-corrected chi connectivity index (χ0v) is 11.4. The molecule has 0 unspecified atom stereocenters. The molecular formula is C14H19O2P. The lowest BCUT2D eigenvalue weighted by Crippen LogP contribution is -1.97. The van der Waals surface area contributed by atoms with Crippen molar-refractivity contribution in [2.75, 3.05) is 13.2 Å². The Labute approximate surface area is 105 Å². The van der Waals surface area contributed by atoms with Gasteiger partial charge >= 0.3 is 0 Å². The number of hydrogen-bond donors (Lipinski definition) is 0. The standard InChI is InChI=1S/C14H19O2P/c1-4-9-13-10-7-8-11-14(13)12-17(15-5-2)16-6-3/h1,7-8,10-11H,5-6,9,12H2,2-3H3. The lowest BCUT2D eigenvalue weighted by Gasteiger charge is -2.17. The van der Waals surface area contributed by atoms with Gasteiger partial charge in [0.05, 0.1) is 13.2 Å². The first-order valence-electron chi connectivity index (χ1n) is 5.85. The van der Waals surface area contributed by atoms with Crippen molar-refractivity contribution in [3.63, 3.8) is 0 Å². The monoisotopic (exact) mass is 250 g/mol. The Bertz CT molecular complexity index is 365. The third-order valence-corrected chi connectivity index (χ3v) is 3.95. The molecular weight excluding hydrogens is 231 g/mol. The molecule has 0 aliphatic heterocycles. The van der Waals surface area contributed by atoms with Crippen molar-refractivity contribution in [3.8, 4) is 12.3 Å². The topological polar surface area (TPSA) is 18.5 Å². The normalized spacial score (nSPS) is 10.5. The Balaban J connectivity index is 2.74. The lowest BCUT2D eigenvalue weighted by molar-refractivity contribution is 0.268. The smallest absolute Gasteiger partial charge is 0.175 e. The number of rotatable bonds is 7. The zero-order chi connectivity index (χ0) is 12.5. The van der Waals surface area contributed by atoms with Gasteiger partial charge in [-0.3, -0.25) is 0 Å². The van der Waals surface area contributed by atoms with E-state index in [1.807, 2.05) is 26.0 Å². The summed E-state index contributed by atoms with van der Waals surface area (Å²) in [6, 6.07) is 8.21. The molecule has 0 aliphatic carbocycles. The van der Waals surface area contributed by atoms with Crippen molar-refractivity contribution < 1.29 is 9.05 Å². The van der Waals surface area contributed by atoms with Crippen molar-refractivity contribution in [2.24, 2.45) is 0 Å². The molecule has 0 fully saturated rings. The van der Waals surface area contributed by atoms with Crippen LogP contribution in [0.5, 0.6) is 0 Å². The number of benzene rings is 1. The molecule has 3 heteroatoms. The van der Waals surface area contributed by atoms with Gasteiger partial charge in [-0.15, -0.1) is 12.3 Å². The van der Waals surface area contributed by atoms with E-state index in [2.05, 4.69) is 18.1 Å². The van der Waals surface area contributed by atoms with Gasteiger partial charge in [0, 0.05) is 12.6 Å². The van der Waals surface area contributed by atoms with E-state index in [1.165, 1.54) is 11.1 Å². The predicted octanol–water partition coefficient (Wildman–Crippen LogP) is 3.75. The van der Waals surface area contributed by atoms with Crippen LogP contribution in [-0.2, 0) is 21.6 Å². The first-order valence-corrected chi connectivity index (χ1v) is 7.21. The fourth-order valence-electron chi connectivity index (χ4n) is 1.55. The number of terminal acetylenes is 1. The van der Waals surface area contributed by atoms with Crippen molar-refractivity contribution in [2.45, 2.75) is 26.4 Å². The van der Waals surface area contributed by atoms with Gasteiger partial charge in [0.25, 0.3) is 0 Å². The quantitative estimate of drug-likeness (QED) is 0.542. The minimum absolute atomic E-state index is 0.664. The molecule has 0 atom stereocenters. The van der Waals surface area contributed by atoms with Crippen LogP contribution >= 0.6 is 8.38 Å². The van der Waals surface area contributed by atoms with E-state index >= 15 is 0 Å². The van der Waals surface area contributed by atoms with Gasteiger partial charge in [-0.25, -0.2) is 0 Å². The van der Waals surface area contributed by atoms with Crippen molar-refractivity contribution >= 4 is 8.38 Å². The second-order valence-electron chi connectivity index (χ2n) is 3.48. The van der Waals surface area contributed by atoms with Crippen LogP contribution in [0.15, 0.2) is 24.3 Å². The third kappa shape index (κ3) is 4.88. The molecule has 0 spiro atoms. The first-order chi connectivity index (χ1) is 8.31. The second-order valence-corrected chi connectivity index (χ2v) is 4.97. The molecule has 0 aliphatic rings. The maximum atomic E-state index is 5.61. The summed E-state index contributed by atoms with van der Waals surface area (Å²) in [5.74, 6) is 2.69. The van der Waals surface area contributed by atoms with Gasteiger partial charge in [0.1, 0.15) is 0 Å². The fraction of sp³-hybridized carbons (Fsp3) is 0.429. The Hall–Kier alpha value is -0.870. The molecule has 92 valence electrons. The highest BCUT2D eigenvalue weighted by Gasteiger charge is 2.12. The average molecular weight is 250 g/mol. The summed E-state index contributed by atoms with van der Waals surface area (Å²) in [7, 11) is -0.833. The van der Waals surface area contributed by atoms with E-state index in [4.69, 9.17) is 15.5 Å². The molecule has 1 aromatic carbocycles. The molecule has 0 heterocycles. The summed E-state index contributed by atoms with van der Waals surface area (Å²) >= 11 is 0. The molecule has 1 aromatic rings. The largest absolute Gasteiger partial charge is 0.334 e. The summed E-state index contributed by atoms with van der Waals surface area (Å²) in [6.45, 7) is 5.34. The van der Waals surface area contributed by atoms with Gasteiger partial charge in [0.15, 0.2) is 8.38 Å². The summed E-state index contributed by atoms with van der Waals surface area (Å²) in [6.07, 6.45) is 6.85. The molecule has 17 heavy (non-hydrogen) atoms. The summed E-state index contributed by atoms with van der Waals surface area (Å²) < 4.78 is 11.2. The zero-order valence-electron chi connectivity index (χ0n) is 10.5. The van der Waals surface area contributed by atoms with E-state index in [0.29, 0.717) is 19.6 Å². The van der Waals surface area contributed by atoms with Crippen molar-refractivity contribution in [1.29, 1.82) is 0 Å². The van der Waals surface area contributed by atoms with Crippen LogP contribution in [0, 0.1) is 12.3 Å². The lowest BCUT2D eigenvalue weighted by atomic mass is 10.1. The Morgan fingerprint density at radius 3 is 2.24 bits per heavy atom. The molecule has 0 aromatic heterocycles. The van der Waals surface area contributed by atoms with E-state index in [0.717, 1.165) is 6.16 Å². The fourth-order valence-corrected chi connectivity index (χ4v) is 2.97. The van der Waals surface area contributed by atoms with E-state index in [1.54, 1.807) is 0 Å². The molecule has 2 nitrogen and oxygen atoms in total. The molecule has 0 N–H and O–H groups in total. The maximum absolute atomic E-state index is 5.61. The van der Waals surface area contributed by atoms with E-state index < -0.39 is 8.38 Å². The van der Waals surface area contributed by atoms with E-state index in [-0.39, 0.29) is 0 Å². The third-order valence-electron chi connectivity index (χ3n) is 2.26. The highest BCUT2D eigenvalue weighted by atomic mass is 31.2. The van der Waals surface area contributed by atoms with Gasteiger partial charge in [-0.05, 0) is 25.0 Å². The maximum Gasteiger partial charge on any atom is 0.175 e. The number of hydrogen-bond acceptors (Lipinski definition) is 2. The van der Waals surface area contributed by atoms with Crippen LogP contribution in [0.25, 0.3) is 0 Å². The summed E-state index contributed by atoms with van der Waals surface area (Å²) in [5, 5.41) is 0. The molecule has 0 saturated carbocycles. The SMILES string of the molecule is C#CCc1ccccc1CP(OCC)OCC. The van der Waals surface area contributed by atoms with Gasteiger partial charge in [-0.1, -0.05) is 24.3 Å². The molecule has 0 amide bonds. The molecule has 0 saturated heterocycles. The van der Waals surface area contributed by atoms with Crippen LogP contribution in [0.1, 0.15) is 25.0 Å². The van der Waals surface area contributed by atoms with Gasteiger partial charge in [-0.2, -0.15) is 0 Å². The van der Waals surface area contributed by atoms with Crippen LogP contribution in [-0.4, -0.2) is 13.2 Å². The molecule has 0 bridgehead atoms. The van der Waals surface area contributed by atoms with E-state index in [9.17, 15) is 0 Å². The highest BCUT2D eigenvalue weighted by Crippen LogP contribution is 2.42. The Kier molecular flexibility index (Phi) is 6.89. The van der Waals surface area contributed by atoms with Crippen LogP contribution in [0.3, 0.4) is 0 Å². The predicted molar refractivity (Wildman–Crippen MR) is 72.9 cm³/mol. The average Bonchev–Trinajstić information content (AvgIpc) is 2.33. The van der Waals surface area contributed by atoms with Crippen LogP contribution in [0.2, 0.25) is 0 Å². The second kappa shape index (κ2) is 8.25. The highest BCUT2D eigenvalue weighted by molar-refractivity contribution is 7.46. The van der Waals surface area contributed by atoms with Crippen LogP contribution in [0.4, 0.5) is 0 Å². The van der Waals surface area contributed by atoms with Gasteiger partial charge < -0.3 is 9.05 Å². The molecule has 1 rings (SSSR count). The van der Waals surface area contributed by atoms with Crippen LogP contribution < -0.4 is 0 Å². The summed E-state index contributed by atoms with van der Waals surface area (Å²) in [4.78, 5) is 0. The van der Waals surface area contributed by atoms with Crippen molar-refractivity contribution in [3.05, 3.63) is 35.4 Å². The minimum atomic E-state index is -0.833.